The molecule has 0 amide bonds. The Bertz CT molecular complexity index is 782. The van der Waals surface area contributed by atoms with Crippen molar-refractivity contribution in [2.45, 2.75) is 31.0 Å². The Labute approximate surface area is 142 Å². The summed E-state index contributed by atoms with van der Waals surface area (Å²) in [6.07, 6.45) is -3.27. The van der Waals surface area contributed by atoms with Crippen LogP contribution in [0.3, 0.4) is 0 Å². The fourth-order valence-electron chi connectivity index (χ4n) is 3.16. The molecule has 5 N–H and O–H groups in total. The summed E-state index contributed by atoms with van der Waals surface area (Å²) in [5.74, 6) is 0.0117. The molecule has 3 unspecified atom stereocenters. The first-order chi connectivity index (χ1) is 11.6. The van der Waals surface area contributed by atoms with Crippen molar-refractivity contribution >= 4 is 25.0 Å². The molecule has 0 aliphatic carbocycles. The van der Waals surface area contributed by atoms with Crippen LogP contribution in [0, 0.1) is 0 Å². The normalized spacial score (nSPS) is 29.3. The molecule has 3 heterocycles. The Morgan fingerprint density at radius 1 is 1.56 bits per heavy atom. The van der Waals surface area contributed by atoms with Gasteiger partial charge in [-0.15, -0.1) is 0 Å². The standard InChI is InChI=1S/C12H20N5O7P/c1-2-16-5-17(9-8(16)10(19)15-11(13)14-9)7-3-12(20,25(21,22)23)6(4-18)24-7/h6-7,18,20H,2-5H2,1H3,(H2,21,22,23)(H3,13,14,15,19)/p-2. The predicted octanol–water partition coefficient (Wildman–Crippen LogP) is -3.33. The van der Waals surface area contributed by atoms with Crippen molar-refractivity contribution in [1.82, 2.24) is 9.97 Å². The summed E-state index contributed by atoms with van der Waals surface area (Å²) in [6.45, 7) is 1.51. The molecular weight excluding hydrogens is 357 g/mol. The van der Waals surface area contributed by atoms with Gasteiger partial charge in [0, 0.05) is 13.0 Å². The molecule has 13 heteroatoms. The molecule has 12 nitrogen and oxygen atoms in total. The van der Waals surface area contributed by atoms with Crippen LogP contribution < -0.4 is 30.9 Å². The molecular formula is C12H18N5O7P-2. The zero-order chi connectivity index (χ0) is 18.6. The minimum absolute atomic E-state index is 0.117. The highest BCUT2D eigenvalue weighted by Gasteiger charge is 2.53. The number of aliphatic hydroxyl groups is 2. The molecule has 1 saturated heterocycles. The van der Waals surface area contributed by atoms with Gasteiger partial charge in [-0.2, -0.15) is 4.98 Å². The number of ether oxygens (including phenoxy) is 1. The summed E-state index contributed by atoms with van der Waals surface area (Å²) in [7, 11) is -5.48. The number of nitrogen functional groups attached to an aromatic ring is 1. The van der Waals surface area contributed by atoms with Crippen LogP contribution in [0.15, 0.2) is 4.79 Å². The number of anilines is 3. The number of nitrogens with zero attached hydrogens (tertiary/aromatic N) is 3. The average Bonchev–Trinajstić information content (AvgIpc) is 3.05. The van der Waals surface area contributed by atoms with Gasteiger partial charge in [0.15, 0.2) is 5.82 Å². The molecule has 25 heavy (non-hydrogen) atoms. The smallest absolute Gasteiger partial charge is 0.278 e. The molecule has 140 valence electrons. The molecule has 1 fully saturated rings. The van der Waals surface area contributed by atoms with Crippen LogP contribution in [-0.4, -0.2) is 57.7 Å². The molecule has 0 radical (unpaired) electrons. The summed E-state index contributed by atoms with van der Waals surface area (Å²) in [6, 6.07) is 0. The van der Waals surface area contributed by atoms with E-state index in [0.717, 1.165) is 0 Å². The maximum atomic E-state index is 12.2. The van der Waals surface area contributed by atoms with Gasteiger partial charge in [-0.1, -0.05) is 0 Å². The second kappa shape index (κ2) is 5.94. The van der Waals surface area contributed by atoms with E-state index in [1.165, 1.54) is 4.90 Å². The van der Waals surface area contributed by atoms with E-state index >= 15 is 0 Å². The van der Waals surface area contributed by atoms with Crippen LogP contribution in [0.25, 0.3) is 0 Å². The van der Waals surface area contributed by atoms with E-state index in [1.807, 2.05) is 0 Å². The maximum Gasteiger partial charge on any atom is 0.278 e. The first-order valence-electron chi connectivity index (χ1n) is 7.54. The number of hydrogen-bond donors (Lipinski definition) is 4. The summed E-state index contributed by atoms with van der Waals surface area (Å²) >= 11 is 0. The van der Waals surface area contributed by atoms with Crippen LogP contribution in [0.1, 0.15) is 13.3 Å². The van der Waals surface area contributed by atoms with Crippen molar-refractivity contribution < 1.29 is 29.3 Å². The number of rotatable bonds is 4. The number of nitrogens with two attached hydrogens (primary N) is 1. The van der Waals surface area contributed by atoms with Gasteiger partial charge < -0.3 is 44.8 Å². The van der Waals surface area contributed by atoms with E-state index in [1.54, 1.807) is 11.8 Å². The molecule has 0 spiro atoms. The molecule has 0 bridgehead atoms. The number of aromatic amines is 1. The van der Waals surface area contributed by atoms with Crippen molar-refractivity contribution in [1.29, 1.82) is 0 Å². The fourth-order valence-corrected chi connectivity index (χ4v) is 4.04. The monoisotopic (exact) mass is 375 g/mol. The number of hydrogen-bond acceptors (Lipinski definition) is 11. The highest BCUT2D eigenvalue weighted by Crippen LogP contribution is 2.52. The number of aliphatic hydroxyl groups excluding tert-OH is 1. The van der Waals surface area contributed by atoms with Crippen LogP contribution in [0.2, 0.25) is 0 Å². The van der Waals surface area contributed by atoms with Crippen molar-refractivity contribution in [2.24, 2.45) is 0 Å². The summed E-state index contributed by atoms with van der Waals surface area (Å²) in [4.78, 5) is 44.6. The first-order valence-corrected chi connectivity index (χ1v) is 9.09. The SMILES string of the molecule is CCN1CN(C2CC(O)(P(=O)([O-])[O-])C(CO)O2)c2nc(N)[nH]c(=O)c21. The van der Waals surface area contributed by atoms with Gasteiger partial charge in [-0.25, -0.2) is 0 Å². The third kappa shape index (κ3) is 2.71. The van der Waals surface area contributed by atoms with Crippen molar-refractivity contribution in [3.8, 4) is 0 Å². The van der Waals surface area contributed by atoms with Gasteiger partial charge in [0.1, 0.15) is 23.4 Å². The van der Waals surface area contributed by atoms with E-state index in [9.17, 15) is 29.4 Å². The van der Waals surface area contributed by atoms with Gasteiger partial charge in [-0.3, -0.25) is 9.78 Å². The second-order valence-electron chi connectivity index (χ2n) is 5.93. The highest BCUT2D eigenvalue weighted by molar-refractivity contribution is 7.50. The molecule has 0 aromatic carbocycles. The lowest BCUT2D eigenvalue weighted by Gasteiger charge is -2.45. The Morgan fingerprint density at radius 2 is 2.24 bits per heavy atom. The number of nitrogens with one attached hydrogen (secondary N) is 1. The van der Waals surface area contributed by atoms with Gasteiger partial charge in [0.25, 0.3) is 5.56 Å². The zero-order valence-electron chi connectivity index (χ0n) is 13.3. The van der Waals surface area contributed by atoms with Gasteiger partial charge in [0.05, 0.1) is 13.3 Å². The fraction of sp³-hybridized carbons (Fsp3) is 0.667. The summed E-state index contributed by atoms with van der Waals surface area (Å²) in [5.41, 5.74) is 5.32. The first kappa shape index (κ1) is 18.1. The van der Waals surface area contributed by atoms with Crippen LogP contribution in [-0.2, 0) is 9.30 Å². The van der Waals surface area contributed by atoms with E-state index < -0.39 is 43.9 Å². The van der Waals surface area contributed by atoms with Crippen molar-refractivity contribution in [3.63, 3.8) is 0 Å². The quantitative estimate of drug-likeness (QED) is 0.385. The molecule has 0 saturated carbocycles. The molecule has 1 aromatic rings. The molecule has 1 aromatic heterocycles. The second-order valence-corrected chi connectivity index (χ2v) is 7.70. The molecule has 3 rings (SSSR count). The lowest BCUT2D eigenvalue weighted by atomic mass is 10.1. The number of aromatic nitrogens is 2. The lowest BCUT2D eigenvalue weighted by molar-refractivity contribution is -0.332. The Hall–Kier alpha value is -1.69. The van der Waals surface area contributed by atoms with Crippen molar-refractivity contribution in [2.75, 3.05) is 35.4 Å². The predicted molar refractivity (Wildman–Crippen MR) is 82.6 cm³/mol. The minimum Gasteiger partial charge on any atom is -0.809 e. The van der Waals surface area contributed by atoms with Crippen LogP contribution >= 0.6 is 7.60 Å². The Balaban J connectivity index is 2.00. The van der Waals surface area contributed by atoms with Gasteiger partial charge >= 0.3 is 0 Å². The third-order valence-electron chi connectivity index (χ3n) is 4.49. The molecule has 3 atom stereocenters. The zero-order valence-corrected chi connectivity index (χ0v) is 14.2. The lowest BCUT2D eigenvalue weighted by Crippen LogP contribution is -2.47. The number of H-pyrrole nitrogens is 1. The molecule has 2 aliphatic rings. The Kier molecular flexibility index (Phi) is 4.30. The largest absolute Gasteiger partial charge is 0.809 e. The highest BCUT2D eigenvalue weighted by atomic mass is 31.2. The van der Waals surface area contributed by atoms with E-state index in [-0.39, 0.29) is 24.1 Å². The molecule has 2 aliphatic heterocycles. The summed E-state index contributed by atoms with van der Waals surface area (Å²) in [5, 5.41) is 16.8. The minimum atomic E-state index is -5.48. The number of fused-ring (bicyclic) bond motifs is 1. The average molecular weight is 375 g/mol. The third-order valence-corrected chi connectivity index (χ3v) is 5.91. The summed E-state index contributed by atoms with van der Waals surface area (Å²) < 4.78 is 16.9. The van der Waals surface area contributed by atoms with Crippen LogP contribution in [0.5, 0.6) is 0 Å². The van der Waals surface area contributed by atoms with Crippen LogP contribution in [0.4, 0.5) is 17.5 Å². The Morgan fingerprint density at radius 3 is 2.76 bits per heavy atom. The maximum absolute atomic E-state index is 12.2. The van der Waals surface area contributed by atoms with E-state index in [4.69, 9.17) is 10.5 Å². The van der Waals surface area contributed by atoms with E-state index in [2.05, 4.69) is 9.97 Å². The van der Waals surface area contributed by atoms with Gasteiger partial charge in [0.2, 0.25) is 5.95 Å². The topological polar surface area (TPSA) is 191 Å². The van der Waals surface area contributed by atoms with Crippen molar-refractivity contribution in [3.05, 3.63) is 10.4 Å². The van der Waals surface area contributed by atoms with E-state index in [0.29, 0.717) is 6.54 Å². The van der Waals surface area contributed by atoms with Gasteiger partial charge in [-0.05, 0) is 14.5 Å².